The number of aryl methyl sites for hydroxylation is 2. The highest BCUT2D eigenvalue weighted by molar-refractivity contribution is 6.06. The van der Waals surface area contributed by atoms with Crippen molar-refractivity contribution in [3.63, 3.8) is 0 Å². The number of urea groups is 1. The summed E-state index contributed by atoms with van der Waals surface area (Å²) >= 11 is 0. The smallest absolute Gasteiger partial charge is 0.346 e. The predicted octanol–water partition coefficient (Wildman–Crippen LogP) is 1.73. The SMILES string of the molecule is CC(=O)NC1(NC(=O)NC(Cc2cnc(=O)[nH]c2NC(=O)c2c(C)cccc2C)C(=O)O)CCCCC1. The van der Waals surface area contributed by atoms with Gasteiger partial charge in [-0.05, 0) is 50.7 Å². The first kappa shape index (κ1) is 27.4. The van der Waals surface area contributed by atoms with Crippen LogP contribution in [0.25, 0.3) is 0 Å². The van der Waals surface area contributed by atoms with Crippen molar-refractivity contribution in [2.24, 2.45) is 0 Å². The summed E-state index contributed by atoms with van der Waals surface area (Å²) in [5, 5.41) is 20.4. The first-order valence-electron chi connectivity index (χ1n) is 12.1. The molecule has 12 heteroatoms. The molecule has 0 saturated heterocycles. The molecule has 37 heavy (non-hydrogen) atoms. The van der Waals surface area contributed by atoms with Crippen LogP contribution in [0.3, 0.4) is 0 Å². The number of carboxylic acids is 1. The van der Waals surface area contributed by atoms with Gasteiger partial charge in [-0.1, -0.05) is 24.6 Å². The lowest BCUT2D eigenvalue weighted by Gasteiger charge is -2.38. The van der Waals surface area contributed by atoms with Crippen molar-refractivity contribution in [3.05, 3.63) is 57.1 Å². The summed E-state index contributed by atoms with van der Waals surface area (Å²) < 4.78 is 0. The minimum Gasteiger partial charge on any atom is -0.480 e. The van der Waals surface area contributed by atoms with E-state index in [4.69, 9.17) is 0 Å². The summed E-state index contributed by atoms with van der Waals surface area (Å²) in [7, 11) is 0. The molecule has 2 aromatic rings. The molecule has 198 valence electrons. The highest BCUT2D eigenvalue weighted by Crippen LogP contribution is 2.26. The lowest BCUT2D eigenvalue weighted by Crippen LogP contribution is -2.64. The highest BCUT2D eigenvalue weighted by atomic mass is 16.4. The van der Waals surface area contributed by atoms with Gasteiger partial charge in [0, 0.05) is 30.7 Å². The Balaban J connectivity index is 1.79. The topological polar surface area (TPSA) is 182 Å². The largest absolute Gasteiger partial charge is 0.480 e. The van der Waals surface area contributed by atoms with E-state index in [2.05, 4.69) is 31.2 Å². The third-order valence-corrected chi connectivity index (χ3v) is 6.34. The number of carbonyl (C=O) groups is 4. The van der Waals surface area contributed by atoms with E-state index >= 15 is 0 Å². The van der Waals surface area contributed by atoms with E-state index in [0.717, 1.165) is 36.6 Å². The van der Waals surface area contributed by atoms with Crippen LogP contribution in [0, 0.1) is 13.8 Å². The number of rotatable bonds is 8. The fourth-order valence-electron chi connectivity index (χ4n) is 4.64. The molecule has 0 bridgehead atoms. The third-order valence-electron chi connectivity index (χ3n) is 6.34. The van der Waals surface area contributed by atoms with Gasteiger partial charge in [0.15, 0.2) is 0 Å². The number of aliphatic carboxylic acids is 1. The number of nitrogens with one attached hydrogen (secondary N) is 5. The van der Waals surface area contributed by atoms with Gasteiger partial charge < -0.3 is 26.4 Å². The number of H-pyrrole nitrogens is 1. The van der Waals surface area contributed by atoms with Crippen LogP contribution < -0.4 is 27.0 Å². The minimum absolute atomic E-state index is 0.0110. The van der Waals surface area contributed by atoms with Crippen LogP contribution in [0.5, 0.6) is 0 Å². The summed E-state index contributed by atoms with van der Waals surface area (Å²) in [4.78, 5) is 67.5. The molecule has 1 aromatic heterocycles. The maximum absolute atomic E-state index is 13.0. The second-order valence-electron chi connectivity index (χ2n) is 9.33. The maximum atomic E-state index is 13.0. The van der Waals surface area contributed by atoms with E-state index < -0.39 is 35.3 Å². The highest BCUT2D eigenvalue weighted by Gasteiger charge is 2.35. The summed E-state index contributed by atoms with van der Waals surface area (Å²) in [6, 6.07) is 3.20. The average Bonchev–Trinajstić information content (AvgIpc) is 2.80. The van der Waals surface area contributed by atoms with Gasteiger partial charge >= 0.3 is 17.7 Å². The van der Waals surface area contributed by atoms with Crippen molar-refractivity contribution in [1.29, 1.82) is 0 Å². The Hall–Kier alpha value is -4.22. The summed E-state index contributed by atoms with van der Waals surface area (Å²) in [6.45, 7) is 4.91. The lowest BCUT2D eigenvalue weighted by molar-refractivity contribution is -0.139. The molecule has 1 aromatic carbocycles. The van der Waals surface area contributed by atoms with Gasteiger partial charge in [0.2, 0.25) is 5.91 Å². The van der Waals surface area contributed by atoms with E-state index in [1.54, 1.807) is 26.0 Å². The normalized spacial score (nSPS) is 15.2. The van der Waals surface area contributed by atoms with E-state index in [-0.39, 0.29) is 23.7 Å². The molecular formula is C25H32N6O6. The van der Waals surface area contributed by atoms with Crippen LogP contribution in [-0.4, -0.2) is 50.6 Å². The molecule has 0 radical (unpaired) electrons. The molecule has 6 N–H and O–H groups in total. The fraction of sp³-hybridized carbons (Fsp3) is 0.440. The molecule has 1 heterocycles. The van der Waals surface area contributed by atoms with Gasteiger partial charge in [0.25, 0.3) is 5.91 Å². The van der Waals surface area contributed by atoms with Crippen LogP contribution >= 0.6 is 0 Å². The monoisotopic (exact) mass is 512 g/mol. The molecule has 3 rings (SSSR count). The zero-order valence-corrected chi connectivity index (χ0v) is 21.1. The Labute approximate surface area is 213 Å². The number of nitrogens with zero attached hydrogens (tertiary/aromatic N) is 1. The quantitative estimate of drug-likeness (QED) is 0.291. The zero-order chi connectivity index (χ0) is 27.2. The molecule has 0 aliphatic heterocycles. The second-order valence-corrected chi connectivity index (χ2v) is 9.33. The first-order chi connectivity index (χ1) is 17.5. The van der Waals surface area contributed by atoms with E-state index in [1.165, 1.54) is 6.92 Å². The first-order valence-corrected chi connectivity index (χ1v) is 12.1. The van der Waals surface area contributed by atoms with E-state index in [1.807, 2.05) is 6.07 Å². The standard InChI is InChI=1S/C25H32N6O6/c1-14-8-7-9-15(2)19(14)21(33)28-20-17(13-26-23(36)29-20)12-18(22(34)35)27-24(37)31-25(30-16(3)32)10-5-4-6-11-25/h7-9,13,18H,4-6,10-12H2,1-3H3,(H,30,32)(H,34,35)(H2,27,31,37)(H2,26,28,29,33,36). The van der Waals surface area contributed by atoms with Gasteiger partial charge in [0.05, 0.1) is 0 Å². The van der Waals surface area contributed by atoms with Gasteiger partial charge in [-0.25, -0.2) is 19.4 Å². The molecule has 1 aliphatic carbocycles. The van der Waals surface area contributed by atoms with E-state index in [9.17, 15) is 29.1 Å². The number of amides is 4. The van der Waals surface area contributed by atoms with Crippen LogP contribution in [0.15, 0.2) is 29.2 Å². The van der Waals surface area contributed by atoms with Gasteiger partial charge in [0.1, 0.15) is 17.5 Å². The number of hydrogen-bond donors (Lipinski definition) is 6. The van der Waals surface area contributed by atoms with Crippen molar-refractivity contribution in [1.82, 2.24) is 25.9 Å². The van der Waals surface area contributed by atoms with Crippen molar-refractivity contribution >= 4 is 29.6 Å². The minimum atomic E-state index is -1.42. The Morgan fingerprint density at radius 2 is 1.73 bits per heavy atom. The summed E-state index contributed by atoms with van der Waals surface area (Å²) in [6.07, 6.45) is 4.51. The molecule has 1 unspecified atom stereocenters. The molecular weight excluding hydrogens is 480 g/mol. The number of carboxylic acid groups (broad SMARTS) is 1. The van der Waals surface area contributed by atoms with Gasteiger partial charge in [-0.2, -0.15) is 0 Å². The number of aromatic amines is 1. The lowest BCUT2D eigenvalue weighted by atomic mass is 9.89. The van der Waals surface area contributed by atoms with Crippen LogP contribution in [0.2, 0.25) is 0 Å². The third kappa shape index (κ3) is 7.15. The Kier molecular flexibility index (Phi) is 8.64. The predicted molar refractivity (Wildman–Crippen MR) is 135 cm³/mol. The van der Waals surface area contributed by atoms with Crippen LogP contribution in [0.4, 0.5) is 10.6 Å². The Morgan fingerprint density at radius 3 is 2.32 bits per heavy atom. The Morgan fingerprint density at radius 1 is 1.08 bits per heavy atom. The van der Waals surface area contributed by atoms with Crippen molar-refractivity contribution < 1.29 is 24.3 Å². The van der Waals surface area contributed by atoms with Crippen molar-refractivity contribution in [3.8, 4) is 0 Å². The molecule has 4 amide bonds. The van der Waals surface area contributed by atoms with Crippen LogP contribution in [-0.2, 0) is 16.0 Å². The number of carbonyl (C=O) groups excluding carboxylic acids is 3. The molecule has 0 spiro atoms. The number of hydrogen-bond acceptors (Lipinski definition) is 6. The van der Waals surface area contributed by atoms with Crippen LogP contribution in [0.1, 0.15) is 66.1 Å². The Bertz CT molecular complexity index is 1230. The fourth-order valence-corrected chi connectivity index (χ4v) is 4.64. The molecule has 1 atom stereocenters. The van der Waals surface area contributed by atoms with Crippen molar-refractivity contribution in [2.45, 2.75) is 71.0 Å². The van der Waals surface area contributed by atoms with Gasteiger partial charge in [-0.15, -0.1) is 0 Å². The molecule has 1 saturated carbocycles. The molecule has 1 aliphatic rings. The number of aromatic nitrogens is 2. The summed E-state index contributed by atoms with van der Waals surface area (Å²) in [5.41, 5.74) is 0.408. The molecule has 12 nitrogen and oxygen atoms in total. The second kappa shape index (κ2) is 11.7. The number of anilines is 1. The number of benzene rings is 1. The summed E-state index contributed by atoms with van der Waals surface area (Å²) in [5.74, 6) is -2.12. The van der Waals surface area contributed by atoms with E-state index in [0.29, 0.717) is 18.4 Å². The molecule has 1 fully saturated rings. The average molecular weight is 513 g/mol. The maximum Gasteiger partial charge on any atom is 0.346 e. The zero-order valence-electron chi connectivity index (χ0n) is 21.1. The van der Waals surface area contributed by atoms with Gasteiger partial charge in [-0.3, -0.25) is 14.6 Å². The van der Waals surface area contributed by atoms with Crippen molar-refractivity contribution in [2.75, 3.05) is 5.32 Å².